The molecule has 2 heterocycles. The molecule has 0 bridgehead atoms. The maximum absolute atomic E-state index is 12.8. The second-order valence-electron chi connectivity index (χ2n) is 4.28. The minimum atomic E-state index is -4.63. The maximum atomic E-state index is 12.8. The van der Waals surface area contributed by atoms with Crippen molar-refractivity contribution in [1.82, 2.24) is 9.97 Å². The second kappa shape index (κ2) is 5.53. The molecule has 21 heavy (non-hydrogen) atoms. The van der Waals surface area contributed by atoms with Crippen LogP contribution in [0.15, 0.2) is 12.4 Å². The molecule has 2 aromatic rings. The first-order chi connectivity index (χ1) is 9.75. The van der Waals surface area contributed by atoms with Crippen LogP contribution in [-0.2, 0) is 15.7 Å². The number of carbonyl (C=O) groups excluding carboxylic acids is 1. The molecule has 0 aliphatic heterocycles. The van der Waals surface area contributed by atoms with E-state index in [4.69, 9.17) is 16.3 Å². The topological polar surface area (TPSA) is 67.0 Å². The monoisotopic (exact) mass is 321 g/mol. The number of carbonyl (C=O) groups is 1. The molecule has 0 fully saturated rings. The first kappa shape index (κ1) is 15.6. The number of ether oxygens (including phenoxy) is 1. The highest BCUT2D eigenvalue weighted by atomic mass is 35.5. The molecule has 0 radical (unpaired) electrons. The summed E-state index contributed by atoms with van der Waals surface area (Å²) < 4.78 is 43.3. The van der Waals surface area contributed by atoms with E-state index in [0.717, 1.165) is 0 Å². The van der Waals surface area contributed by atoms with E-state index >= 15 is 0 Å². The normalized spacial score (nSPS) is 13.4. The van der Waals surface area contributed by atoms with Gasteiger partial charge < -0.3 is 15.0 Å². The van der Waals surface area contributed by atoms with E-state index < -0.39 is 28.8 Å². The van der Waals surface area contributed by atoms with Crippen LogP contribution in [0, 0.1) is 0 Å². The van der Waals surface area contributed by atoms with Crippen molar-refractivity contribution < 1.29 is 22.7 Å². The lowest BCUT2D eigenvalue weighted by Crippen LogP contribution is -2.26. The third kappa shape index (κ3) is 2.96. The van der Waals surface area contributed by atoms with Crippen LogP contribution >= 0.6 is 11.6 Å². The summed E-state index contributed by atoms with van der Waals surface area (Å²) in [6.45, 7) is 1.51. The summed E-state index contributed by atoms with van der Waals surface area (Å²) in [6.07, 6.45) is -3.42. The van der Waals surface area contributed by atoms with Crippen LogP contribution in [0.1, 0.15) is 12.5 Å². The van der Waals surface area contributed by atoms with Crippen LogP contribution in [0.4, 0.5) is 18.9 Å². The van der Waals surface area contributed by atoms with E-state index in [1.807, 2.05) is 0 Å². The van der Waals surface area contributed by atoms with Gasteiger partial charge in [0.25, 0.3) is 5.91 Å². The number of fused-ring (bicyclic) bond motifs is 1. The van der Waals surface area contributed by atoms with Crippen LogP contribution in [0.25, 0.3) is 11.0 Å². The number of rotatable bonds is 3. The van der Waals surface area contributed by atoms with E-state index in [1.165, 1.54) is 20.2 Å². The van der Waals surface area contributed by atoms with Crippen molar-refractivity contribution in [3.8, 4) is 0 Å². The van der Waals surface area contributed by atoms with Gasteiger partial charge in [-0.25, -0.2) is 4.98 Å². The lowest BCUT2D eigenvalue weighted by molar-refractivity contribution is -0.137. The molecular weight excluding hydrogens is 311 g/mol. The van der Waals surface area contributed by atoms with E-state index in [2.05, 4.69) is 15.3 Å². The smallest absolute Gasteiger partial charge is 0.372 e. The molecule has 0 aromatic carbocycles. The lowest BCUT2D eigenvalue weighted by atomic mass is 10.2. The van der Waals surface area contributed by atoms with E-state index in [9.17, 15) is 18.0 Å². The highest BCUT2D eigenvalue weighted by molar-refractivity contribution is 6.37. The van der Waals surface area contributed by atoms with Gasteiger partial charge in [-0.15, -0.1) is 0 Å². The molecule has 2 aromatic heterocycles. The van der Waals surface area contributed by atoms with Gasteiger partial charge in [0.05, 0.1) is 21.7 Å². The van der Waals surface area contributed by atoms with Gasteiger partial charge in [-0.1, -0.05) is 11.6 Å². The Balaban J connectivity index is 2.49. The number of H-pyrrole nitrogens is 1. The molecule has 5 nitrogen and oxygen atoms in total. The molecule has 2 N–H and O–H groups in total. The molecule has 1 amide bonds. The number of hydrogen-bond acceptors (Lipinski definition) is 3. The van der Waals surface area contributed by atoms with Crippen molar-refractivity contribution >= 4 is 34.2 Å². The number of pyridine rings is 1. The van der Waals surface area contributed by atoms with Crippen molar-refractivity contribution in [2.24, 2.45) is 0 Å². The molecular formula is C12H11ClF3N3O2. The molecule has 9 heteroatoms. The van der Waals surface area contributed by atoms with Gasteiger partial charge in [-0.2, -0.15) is 13.2 Å². The zero-order valence-electron chi connectivity index (χ0n) is 11.0. The first-order valence-electron chi connectivity index (χ1n) is 5.82. The van der Waals surface area contributed by atoms with Crippen LogP contribution in [0.3, 0.4) is 0 Å². The van der Waals surface area contributed by atoms with Crippen molar-refractivity contribution in [1.29, 1.82) is 0 Å². The number of amides is 1. The van der Waals surface area contributed by atoms with Gasteiger partial charge in [-0.05, 0) is 6.92 Å². The number of hydrogen-bond donors (Lipinski definition) is 2. The summed E-state index contributed by atoms with van der Waals surface area (Å²) in [5, 5.41) is 1.93. The molecule has 0 spiro atoms. The van der Waals surface area contributed by atoms with Crippen molar-refractivity contribution in [2.45, 2.75) is 19.2 Å². The Morgan fingerprint density at radius 3 is 2.76 bits per heavy atom. The summed E-state index contributed by atoms with van der Waals surface area (Å²) in [6, 6.07) is 0. The van der Waals surface area contributed by atoms with Crippen molar-refractivity contribution in [3.05, 3.63) is 23.0 Å². The molecule has 1 atom stereocenters. The summed E-state index contributed by atoms with van der Waals surface area (Å²) >= 11 is 5.81. The van der Waals surface area contributed by atoms with Crippen LogP contribution in [0.2, 0.25) is 5.02 Å². The fraction of sp³-hybridized carbons (Fsp3) is 0.333. The minimum absolute atomic E-state index is 0.00291. The quantitative estimate of drug-likeness (QED) is 0.912. The summed E-state index contributed by atoms with van der Waals surface area (Å²) in [5.74, 6) is -0.508. The van der Waals surface area contributed by atoms with Gasteiger partial charge in [0, 0.05) is 19.5 Å². The van der Waals surface area contributed by atoms with Crippen molar-refractivity contribution in [3.63, 3.8) is 0 Å². The first-order valence-corrected chi connectivity index (χ1v) is 6.20. The number of halogens is 4. The minimum Gasteiger partial charge on any atom is -0.372 e. The molecule has 1 unspecified atom stereocenters. The van der Waals surface area contributed by atoms with Crippen LogP contribution in [-0.4, -0.2) is 29.1 Å². The number of methoxy groups -OCH3 is 1. The molecule has 114 valence electrons. The number of aromatic amines is 1. The average Bonchev–Trinajstić information content (AvgIpc) is 2.80. The number of nitrogens with zero attached hydrogens (tertiary/aromatic N) is 1. The Kier molecular flexibility index (Phi) is 4.11. The predicted molar refractivity (Wildman–Crippen MR) is 71.2 cm³/mol. The molecule has 0 saturated heterocycles. The number of alkyl halides is 3. The third-order valence-electron chi connectivity index (χ3n) is 2.92. The summed E-state index contributed by atoms with van der Waals surface area (Å²) in [7, 11) is 1.34. The van der Waals surface area contributed by atoms with E-state index in [1.54, 1.807) is 0 Å². The van der Waals surface area contributed by atoms with Crippen molar-refractivity contribution in [2.75, 3.05) is 12.4 Å². The Labute approximate surface area is 122 Å². The SMILES string of the molecule is COC(C)C(=O)Nc1c[nH]c2ncc(C(F)(F)F)c(Cl)c12. The lowest BCUT2D eigenvalue weighted by Gasteiger charge is -2.12. The average molecular weight is 322 g/mol. The Morgan fingerprint density at radius 1 is 1.52 bits per heavy atom. The van der Waals surface area contributed by atoms with Gasteiger partial charge >= 0.3 is 6.18 Å². The number of nitrogens with one attached hydrogen (secondary N) is 2. The largest absolute Gasteiger partial charge is 0.419 e. The van der Waals surface area contributed by atoms with Gasteiger partial charge in [-0.3, -0.25) is 4.79 Å². The Bertz CT molecular complexity index is 684. The highest BCUT2D eigenvalue weighted by Gasteiger charge is 2.35. The zero-order chi connectivity index (χ0) is 15.8. The van der Waals surface area contributed by atoms with E-state index in [0.29, 0.717) is 6.20 Å². The molecule has 0 aliphatic rings. The summed E-state index contributed by atoms with van der Waals surface area (Å²) in [5.41, 5.74) is -0.803. The standard InChI is InChI=1S/C12H11ClF3N3O2/c1-5(21-2)11(20)19-7-4-18-10-8(7)9(13)6(3-17-10)12(14,15)16/h3-5H,1-2H3,(H,17,18)(H,19,20). The number of aromatic nitrogens is 2. The molecule has 0 saturated carbocycles. The molecule has 2 rings (SSSR count). The van der Waals surface area contributed by atoms with Gasteiger partial charge in [0.1, 0.15) is 11.8 Å². The zero-order valence-corrected chi connectivity index (χ0v) is 11.8. The van der Waals surface area contributed by atoms with Gasteiger partial charge in [0.2, 0.25) is 0 Å². The van der Waals surface area contributed by atoms with E-state index in [-0.39, 0.29) is 16.7 Å². The Hall–Kier alpha value is -1.80. The Morgan fingerprint density at radius 2 is 2.19 bits per heavy atom. The van der Waals surface area contributed by atoms with Gasteiger partial charge in [0.15, 0.2) is 0 Å². The van der Waals surface area contributed by atoms with Crippen LogP contribution < -0.4 is 5.32 Å². The predicted octanol–water partition coefficient (Wildman–Crippen LogP) is 3.21. The fourth-order valence-electron chi connectivity index (χ4n) is 1.69. The molecule has 0 aliphatic carbocycles. The third-order valence-corrected chi connectivity index (χ3v) is 3.32. The maximum Gasteiger partial charge on any atom is 0.419 e. The van der Waals surface area contributed by atoms with Crippen LogP contribution in [0.5, 0.6) is 0 Å². The second-order valence-corrected chi connectivity index (χ2v) is 4.65. The highest BCUT2D eigenvalue weighted by Crippen LogP contribution is 2.39. The fourth-order valence-corrected chi connectivity index (χ4v) is 2.04. The summed E-state index contributed by atoms with van der Waals surface area (Å²) in [4.78, 5) is 18.1. The number of anilines is 1.